The van der Waals surface area contributed by atoms with Crippen LogP contribution in [0.25, 0.3) is 11.3 Å². The number of methoxy groups -OCH3 is 1. The summed E-state index contributed by atoms with van der Waals surface area (Å²) in [4.78, 5) is 0. The van der Waals surface area contributed by atoms with Gasteiger partial charge in [0.2, 0.25) is 0 Å². The summed E-state index contributed by atoms with van der Waals surface area (Å²) in [6.07, 6.45) is 1.09. The molecule has 1 aromatic carbocycles. The first kappa shape index (κ1) is 16.0. The Labute approximate surface area is 135 Å². The smallest absolute Gasteiger partial charge is 0.167 e. The molecular formula is C16H19NO5S. The zero-order chi connectivity index (χ0) is 16.3. The lowest BCUT2D eigenvalue weighted by Gasteiger charge is -2.21. The van der Waals surface area contributed by atoms with E-state index in [9.17, 15) is 8.42 Å². The highest BCUT2D eigenvalue weighted by atomic mass is 32.2. The van der Waals surface area contributed by atoms with Gasteiger partial charge in [0.15, 0.2) is 15.6 Å². The van der Waals surface area contributed by atoms with Crippen molar-refractivity contribution < 1.29 is 22.4 Å². The summed E-state index contributed by atoms with van der Waals surface area (Å²) in [5.74, 6) is 1.13. The molecule has 0 radical (unpaired) electrons. The predicted molar refractivity (Wildman–Crippen MR) is 85.0 cm³/mol. The largest absolute Gasteiger partial charge is 0.497 e. The van der Waals surface area contributed by atoms with Crippen LogP contribution in [0.2, 0.25) is 0 Å². The van der Waals surface area contributed by atoms with Gasteiger partial charge < -0.3 is 14.0 Å². The molecule has 0 spiro atoms. The van der Waals surface area contributed by atoms with Gasteiger partial charge in [-0.15, -0.1) is 0 Å². The van der Waals surface area contributed by atoms with Crippen molar-refractivity contribution in [3.8, 4) is 17.1 Å². The summed E-state index contributed by atoms with van der Waals surface area (Å²) in [6.45, 7) is 0.996. The normalized spacial score (nSPS) is 16.4. The lowest BCUT2D eigenvalue weighted by Crippen LogP contribution is -2.29. The van der Waals surface area contributed by atoms with Gasteiger partial charge in [-0.05, 0) is 25.0 Å². The number of hydrogen-bond acceptors (Lipinski definition) is 6. The van der Waals surface area contributed by atoms with E-state index in [1.54, 1.807) is 13.2 Å². The molecule has 23 heavy (non-hydrogen) atoms. The van der Waals surface area contributed by atoms with Crippen LogP contribution in [-0.2, 0) is 20.3 Å². The molecule has 7 heteroatoms. The van der Waals surface area contributed by atoms with E-state index in [0.29, 0.717) is 43.3 Å². The summed E-state index contributed by atoms with van der Waals surface area (Å²) in [5, 5.41) is 3.55. The fourth-order valence-electron chi connectivity index (χ4n) is 2.65. The zero-order valence-electron chi connectivity index (χ0n) is 12.9. The molecule has 1 saturated heterocycles. The van der Waals surface area contributed by atoms with Gasteiger partial charge in [-0.1, -0.05) is 17.3 Å². The summed E-state index contributed by atoms with van der Waals surface area (Å²) < 4.78 is 40.6. The van der Waals surface area contributed by atoms with E-state index in [-0.39, 0.29) is 11.0 Å². The van der Waals surface area contributed by atoms with Crippen molar-refractivity contribution in [1.82, 2.24) is 5.16 Å². The third-order valence-corrected chi connectivity index (χ3v) is 6.12. The van der Waals surface area contributed by atoms with E-state index in [4.69, 9.17) is 14.0 Å². The van der Waals surface area contributed by atoms with Crippen LogP contribution in [0.15, 0.2) is 34.9 Å². The molecule has 0 aliphatic carbocycles. The third-order valence-electron chi connectivity index (χ3n) is 3.94. The van der Waals surface area contributed by atoms with Crippen molar-refractivity contribution >= 4 is 9.84 Å². The second kappa shape index (κ2) is 6.72. The van der Waals surface area contributed by atoms with Crippen LogP contribution in [0, 0.1) is 0 Å². The van der Waals surface area contributed by atoms with E-state index < -0.39 is 9.84 Å². The molecule has 124 valence electrons. The lowest BCUT2D eigenvalue weighted by atomic mass is 10.1. The molecule has 0 atom stereocenters. The van der Waals surface area contributed by atoms with Crippen molar-refractivity contribution in [2.75, 3.05) is 20.3 Å². The quantitative estimate of drug-likeness (QED) is 0.834. The SMILES string of the molecule is COc1cccc(-c2cc(CS(=O)(=O)C3CCOCC3)no2)c1. The molecule has 0 unspecified atom stereocenters. The molecule has 1 fully saturated rings. The highest BCUT2D eigenvalue weighted by molar-refractivity contribution is 7.91. The van der Waals surface area contributed by atoms with Crippen molar-refractivity contribution in [2.24, 2.45) is 0 Å². The van der Waals surface area contributed by atoms with Crippen LogP contribution in [0.1, 0.15) is 18.5 Å². The van der Waals surface area contributed by atoms with E-state index in [2.05, 4.69) is 5.16 Å². The molecule has 6 nitrogen and oxygen atoms in total. The molecular weight excluding hydrogens is 318 g/mol. The minimum Gasteiger partial charge on any atom is -0.497 e. The van der Waals surface area contributed by atoms with E-state index >= 15 is 0 Å². The number of hydrogen-bond donors (Lipinski definition) is 0. The van der Waals surface area contributed by atoms with Gasteiger partial charge in [0.25, 0.3) is 0 Å². The second-order valence-corrected chi connectivity index (χ2v) is 7.81. The van der Waals surface area contributed by atoms with Crippen molar-refractivity contribution in [2.45, 2.75) is 23.8 Å². The average Bonchev–Trinajstić information content (AvgIpc) is 3.03. The number of rotatable bonds is 5. The van der Waals surface area contributed by atoms with Gasteiger partial charge in [-0.25, -0.2) is 8.42 Å². The molecule has 2 heterocycles. The molecule has 1 aliphatic rings. The first-order chi connectivity index (χ1) is 11.1. The van der Waals surface area contributed by atoms with Crippen molar-refractivity contribution in [3.05, 3.63) is 36.0 Å². The number of ether oxygens (including phenoxy) is 2. The van der Waals surface area contributed by atoms with Crippen LogP contribution >= 0.6 is 0 Å². The summed E-state index contributed by atoms with van der Waals surface area (Å²) in [5.41, 5.74) is 1.22. The van der Waals surface area contributed by atoms with Gasteiger partial charge in [-0.3, -0.25) is 0 Å². The molecule has 0 amide bonds. The Bertz CT molecular complexity index is 762. The lowest BCUT2D eigenvalue weighted by molar-refractivity contribution is 0.0983. The monoisotopic (exact) mass is 337 g/mol. The Morgan fingerprint density at radius 1 is 1.26 bits per heavy atom. The average molecular weight is 337 g/mol. The number of aromatic nitrogens is 1. The van der Waals surface area contributed by atoms with E-state index in [0.717, 1.165) is 5.56 Å². The molecule has 1 aliphatic heterocycles. The van der Waals surface area contributed by atoms with Gasteiger partial charge in [-0.2, -0.15) is 0 Å². The minimum absolute atomic E-state index is 0.106. The number of sulfone groups is 1. The second-order valence-electron chi connectivity index (χ2n) is 5.53. The van der Waals surface area contributed by atoms with E-state index in [1.165, 1.54) is 0 Å². The van der Waals surface area contributed by atoms with Crippen molar-refractivity contribution in [1.29, 1.82) is 0 Å². The van der Waals surface area contributed by atoms with Gasteiger partial charge in [0.1, 0.15) is 5.75 Å². The highest BCUT2D eigenvalue weighted by Gasteiger charge is 2.29. The standard InChI is InChI=1S/C16H19NO5S/c1-20-14-4-2-3-12(9-14)16-10-13(17-22-16)11-23(18,19)15-5-7-21-8-6-15/h2-4,9-10,15H,5-8,11H2,1H3. The molecule has 1 aromatic heterocycles. The van der Waals surface area contributed by atoms with Gasteiger partial charge in [0, 0.05) is 24.8 Å². The summed E-state index contributed by atoms with van der Waals surface area (Å²) in [7, 11) is -1.66. The zero-order valence-corrected chi connectivity index (χ0v) is 13.7. The Balaban J connectivity index is 1.76. The van der Waals surface area contributed by atoms with Gasteiger partial charge in [0.05, 0.1) is 23.8 Å². The van der Waals surface area contributed by atoms with E-state index in [1.807, 2.05) is 24.3 Å². The first-order valence-electron chi connectivity index (χ1n) is 7.48. The third kappa shape index (κ3) is 3.73. The topological polar surface area (TPSA) is 78.6 Å². The minimum atomic E-state index is -3.25. The molecule has 2 aromatic rings. The number of nitrogens with zero attached hydrogens (tertiary/aromatic N) is 1. The fourth-order valence-corrected chi connectivity index (χ4v) is 4.35. The first-order valence-corrected chi connectivity index (χ1v) is 9.19. The maximum Gasteiger partial charge on any atom is 0.167 e. The van der Waals surface area contributed by atoms with Crippen LogP contribution in [0.5, 0.6) is 5.75 Å². The maximum atomic E-state index is 12.4. The van der Waals surface area contributed by atoms with Crippen LogP contribution in [0.4, 0.5) is 0 Å². The Morgan fingerprint density at radius 3 is 2.78 bits per heavy atom. The van der Waals surface area contributed by atoms with Crippen LogP contribution in [0.3, 0.4) is 0 Å². The Morgan fingerprint density at radius 2 is 2.04 bits per heavy atom. The molecule has 0 bridgehead atoms. The molecule has 0 N–H and O–H groups in total. The fraction of sp³-hybridized carbons (Fsp3) is 0.438. The highest BCUT2D eigenvalue weighted by Crippen LogP contribution is 2.26. The van der Waals surface area contributed by atoms with Crippen LogP contribution in [-0.4, -0.2) is 39.1 Å². The Kier molecular flexibility index (Phi) is 4.68. The Hall–Kier alpha value is -1.86. The summed E-state index contributed by atoms with van der Waals surface area (Å²) in [6, 6.07) is 9.02. The van der Waals surface area contributed by atoms with Gasteiger partial charge >= 0.3 is 0 Å². The van der Waals surface area contributed by atoms with Crippen molar-refractivity contribution in [3.63, 3.8) is 0 Å². The molecule has 3 rings (SSSR count). The van der Waals surface area contributed by atoms with Crippen LogP contribution < -0.4 is 4.74 Å². The number of benzene rings is 1. The predicted octanol–water partition coefficient (Wildman–Crippen LogP) is 2.44. The molecule has 0 saturated carbocycles. The maximum absolute atomic E-state index is 12.4. The summed E-state index contributed by atoms with van der Waals surface area (Å²) >= 11 is 0.